The number of carbonyl (C=O) groups excluding carboxylic acids is 1. The van der Waals surface area contributed by atoms with E-state index in [1.807, 2.05) is 0 Å². The molecule has 0 aromatic carbocycles. The standard InChI is InChI=1S/C16H31N3O2/c1-13(20)11-18(2)16(21)17-14-7-6-10-19(12-14)15-8-4-3-5-9-15/h13-15,20H,3-12H2,1-2H3,(H,17,21). The summed E-state index contributed by atoms with van der Waals surface area (Å²) < 4.78 is 0. The van der Waals surface area contributed by atoms with Gasteiger partial charge in [-0.2, -0.15) is 0 Å². The predicted octanol–water partition coefficient (Wildman–Crippen LogP) is 1.81. The first-order chi connectivity index (χ1) is 10.1. The molecule has 1 saturated heterocycles. The maximum atomic E-state index is 12.1. The van der Waals surface area contributed by atoms with Gasteiger partial charge in [0.1, 0.15) is 0 Å². The third-order valence-corrected chi connectivity index (χ3v) is 4.76. The zero-order valence-corrected chi connectivity index (χ0v) is 13.6. The summed E-state index contributed by atoms with van der Waals surface area (Å²) in [6, 6.07) is 0.921. The molecule has 2 atom stereocenters. The molecule has 5 nitrogen and oxygen atoms in total. The maximum absolute atomic E-state index is 12.1. The van der Waals surface area contributed by atoms with Crippen molar-refractivity contribution in [1.82, 2.24) is 15.1 Å². The smallest absolute Gasteiger partial charge is 0.317 e. The number of urea groups is 1. The van der Waals surface area contributed by atoms with Gasteiger partial charge in [0.25, 0.3) is 0 Å². The number of hydrogen-bond acceptors (Lipinski definition) is 3. The lowest BCUT2D eigenvalue weighted by atomic mass is 9.92. The van der Waals surface area contributed by atoms with Crippen LogP contribution in [0.5, 0.6) is 0 Å². The van der Waals surface area contributed by atoms with Crippen LogP contribution in [0.15, 0.2) is 0 Å². The van der Waals surface area contributed by atoms with Crippen molar-refractivity contribution >= 4 is 6.03 Å². The highest BCUT2D eigenvalue weighted by Crippen LogP contribution is 2.25. The highest BCUT2D eigenvalue weighted by Gasteiger charge is 2.28. The van der Waals surface area contributed by atoms with Gasteiger partial charge in [-0.15, -0.1) is 0 Å². The first-order valence-corrected chi connectivity index (χ1v) is 8.50. The number of nitrogens with one attached hydrogen (secondary N) is 1. The van der Waals surface area contributed by atoms with E-state index in [2.05, 4.69) is 10.2 Å². The Kier molecular flexibility index (Phi) is 6.30. The summed E-state index contributed by atoms with van der Waals surface area (Å²) in [6.45, 7) is 4.25. The van der Waals surface area contributed by atoms with Crippen molar-refractivity contribution < 1.29 is 9.90 Å². The largest absolute Gasteiger partial charge is 0.392 e. The van der Waals surface area contributed by atoms with Gasteiger partial charge in [-0.1, -0.05) is 19.3 Å². The van der Waals surface area contributed by atoms with Crippen LogP contribution in [-0.4, -0.2) is 65.8 Å². The van der Waals surface area contributed by atoms with Crippen molar-refractivity contribution in [2.24, 2.45) is 0 Å². The first-order valence-electron chi connectivity index (χ1n) is 8.50. The maximum Gasteiger partial charge on any atom is 0.317 e. The summed E-state index contributed by atoms with van der Waals surface area (Å²) >= 11 is 0. The molecule has 122 valence electrons. The summed E-state index contributed by atoms with van der Waals surface area (Å²) in [7, 11) is 1.74. The highest BCUT2D eigenvalue weighted by molar-refractivity contribution is 5.74. The molecule has 0 spiro atoms. The van der Waals surface area contributed by atoms with E-state index in [1.165, 1.54) is 45.1 Å². The number of rotatable bonds is 4. The van der Waals surface area contributed by atoms with Crippen molar-refractivity contribution in [3.63, 3.8) is 0 Å². The summed E-state index contributed by atoms with van der Waals surface area (Å²) in [6.07, 6.45) is 8.50. The molecule has 0 radical (unpaired) electrons. The van der Waals surface area contributed by atoms with Crippen LogP contribution in [0.25, 0.3) is 0 Å². The number of aliphatic hydroxyl groups is 1. The number of likely N-dealkylation sites (tertiary alicyclic amines) is 1. The Hall–Kier alpha value is -0.810. The predicted molar refractivity (Wildman–Crippen MR) is 84.3 cm³/mol. The molecule has 1 saturated carbocycles. The van der Waals surface area contributed by atoms with Crippen LogP contribution in [0.4, 0.5) is 4.79 Å². The van der Waals surface area contributed by atoms with E-state index in [0.717, 1.165) is 19.0 Å². The van der Waals surface area contributed by atoms with Gasteiger partial charge in [0.2, 0.25) is 0 Å². The summed E-state index contributed by atoms with van der Waals surface area (Å²) in [5.74, 6) is 0. The third-order valence-electron chi connectivity index (χ3n) is 4.76. The van der Waals surface area contributed by atoms with Crippen molar-refractivity contribution in [3.05, 3.63) is 0 Å². The highest BCUT2D eigenvalue weighted by atomic mass is 16.3. The number of hydrogen-bond donors (Lipinski definition) is 2. The molecule has 1 heterocycles. The molecule has 2 rings (SSSR count). The fourth-order valence-electron chi connectivity index (χ4n) is 3.67. The summed E-state index contributed by atoms with van der Waals surface area (Å²) in [5.41, 5.74) is 0. The van der Waals surface area contributed by atoms with E-state index >= 15 is 0 Å². The minimum Gasteiger partial charge on any atom is -0.392 e. The molecular formula is C16H31N3O2. The Labute approximate surface area is 128 Å². The topological polar surface area (TPSA) is 55.8 Å². The summed E-state index contributed by atoms with van der Waals surface area (Å²) in [5, 5.41) is 12.5. The fourth-order valence-corrected chi connectivity index (χ4v) is 3.67. The van der Waals surface area contributed by atoms with Gasteiger partial charge >= 0.3 is 6.03 Å². The molecule has 1 aliphatic carbocycles. The van der Waals surface area contributed by atoms with Gasteiger partial charge < -0.3 is 15.3 Å². The molecule has 2 N–H and O–H groups in total. The SMILES string of the molecule is CC(O)CN(C)C(=O)NC1CCCN(C2CCCCC2)C1. The third kappa shape index (κ3) is 5.15. The quantitative estimate of drug-likeness (QED) is 0.832. The molecule has 2 unspecified atom stereocenters. The van der Waals surface area contributed by atoms with Gasteiger partial charge in [0, 0.05) is 32.2 Å². The van der Waals surface area contributed by atoms with E-state index in [9.17, 15) is 9.90 Å². The minimum atomic E-state index is -0.481. The van der Waals surface area contributed by atoms with E-state index in [0.29, 0.717) is 6.54 Å². The van der Waals surface area contributed by atoms with Crippen molar-refractivity contribution in [2.75, 3.05) is 26.7 Å². The Balaban J connectivity index is 1.79. The lowest BCUT2D eigenvalue weighted by Gasteiger charge is -2.40. The Morgan fingerprint density at radius 1 is 1.29 bits per heavy atom. The Morgan fingerprint density at radius 2 is 2.00 bits per heavy atom. The van der Waals surface area contributed by atoms with Crippen LogP contribution in [0, 0.1) is 0 Å². The molecule has 0 aromatic rings. The minimum absolute atomic E-state index is 0.0635. The molecule has 2 amide bonds. The van der Waals surface area contributed by atoms with Gasteiger partial charge in [-0.3, -0.25) is 4.90 Å². The van der Waals surface area contributed by atoms with Crippen LogP contribution in [0.3, 0.4) is 0 Å². The van der Waals surface area contributed by atoms with Crippen LogP contribution < -0.4 is 5.32 Å². The number of piperidine rings is 1. The number of aliphatic hydroxyl groups excluding tert-OH is 1. The van der Waals surface area contributed by atoms with Crippen molar-refractivity contribution in [1.29, 1.82) is 0 Å². The van der Waals surface area contributed by atoms with E-state index < -0.39 is 6.10 Å². The van der Waals surface area contributed by atoms with Crippen molar-refractivity contribution in [2.45, 2.75) is 70.1 Å². The van der Waals surface area contributed by atoms with E-state index in [4.69, 9.17) is 0 Å². The van der Waals surface area contributed by atoms with Crippen LogP contribution in [-0.2, 0) is 0 Å². The second kappa shape index (κ2) is 7.99. The molecule has 1 aliphatic heterocycles. The average Bonchev–Trinajstić information content (AvgIpc) is 2.47. The molecule has 0 bridgehead atoms. The van der Waals surface area contributed by atoms with E-state index in [1.54, 1.807) is 18.9 Å². The number of carbonyl (C=O) groups is 1. The zero-order valence-electron chi connectivity index (χ0n) is 13.6. The molecule has 0 aromatic heterocycles. The second-order valence-corrected chi connectivity index (χ2v) is 6.80. The van der Waals surface area contributed by atoms with E-state index in [-0.39, 0.29) is 12.1 Å². The number of amides is 2. The molecule has 2 aliphatic rings. The van der Waals surface area contributed by atoms with Gasteiger partial charge in [0.05, 0.1) is 6.10 Å². The van der Waals surface area contributed by atoms with Gasteiger partial charge in [-0.05, 0) is 39.2 Å². The molecular weight excluding hydrogens is 266 g/mol. The Bertz CT molecular complexity index is 329. The number of likely N-dealkylation sites (N-methyl/N-ethyl adjacent to an activating group) is 1. The number of nitrogens with zero attached hydrogens (tertiary/aromatic N) is 2. The fraction of sp³-hybridized carbons (Fsp3) is 0.938. The van der Waals surface area contributed by atoms with Crippen LogP contribution in [0.2, 0.25) is 0 Å². The van der Waals surface area contributed by atoms with Gasteiger partial charge in [0.15, 0.2) is 0 Å². The Morgan fingerprint density at radius 3 is 2.67 bits per heavy atom. The van der Waals surface area contributed by atoms with Crippen molar-refractivity contribution in [3.8, 4) is 0 Å². The lowest BCUT2D eigenvalue weighted by molar-refractivity contribution is 0.106. The van der Waals surface area contributed by atoms with Crippen LogP contribution in [0.1, 0.15) is 51.9 Å². The molecule has 5 heteroatoms. The van der Waals surface area contributed by atoms with Gasteiger partial charge in [-0.25, -0.2) is 4.79 Å². The molecule has 2 fully saturated rings. The second-order valence-electron chi connectivity index (χ2n) is 6.80. The normalized spacial score (nSPS) is 26.3. The first kappa shape index (κ1) is 16.6. The molecule has 21 heavy (non-hydrogen) atoms. The van der Waals surface area contributed by atoms with Crippen LogP contribution >= 0.6 is 0 Å². The lowest BCUT2D eigenvalue weighted by Crippen LogP contribution is -2.53. The monoisotopic (exact) mass is 297 g/mol. The average molecular weight is 297 g/mol. The summed E-state index contributed by atoms with van der Waals surface area (Å²) in [4.78, 5) is 16.3. The zero-order chi connectivity index (χ0) is 15.2.